The molecule has 0 fully saturated rings. The second kappa shape index (κ2) is 6.74. The number of aryl methyl sites for hydroxylation is 2. The summed E-state index contributed by atoms with van der Waals surface area (Å²) in [7, 11) is 0. The van der Waals surface area contributed by atoms with Crippen LogP contribution in [0.25, 0.3) is 0 Å². The van der Waals surface area contributed by atoms with E-state index in [1.165, 1.54) is 6.42 Å². The van der Waals surface area contributed by atoms with Gasteiger partial charge < -0.3 is 5.32 Å². The first-order chi connectivity index (χ1) is 8.04. The van der Waals surface area contributed by atoms with E-state index in [1.54, 1.807) is 0 Å². The van der Waals surface area contributed by atoms with E-state index in [-0.39, 0.29) is 0 Å². The van der Waals surface area contributed by atoms with Crippen molar-refractivity contribution in [3.8, 4) is 0 Å². The van der Waals surface area contributed by atoms with Crippen LogP contribution in [0.1, 0.15) is 51.3 Å². The lowest BCUT2D eigenvalue weighted by atomic mass is 10.1. The van der Waals surface area contributed by atoms with Gasteiger partial charge in [0.15, 0.2) is 0 Å². The molecule has 17 heavy (non-hydrogen) atoms. The van der Waals surface area contributed by atoms with Crippen LogP contribution in [-0.4, -0.2) is 27.9 Å². The Morgan fingerprint density at radius 1 is 1.24 bits per heavy atom. The summed E-state index contributed by atoms with van der Waals surface area (Å²) in [5, 5.41) is 8.01. The first-order valence-electron chi connectivity index (χ1n) is 6.65. The third-order valence-electron chi connectivity index (χ3n) is 2.81. The van der Waals surface area contributed by atoms with E-state index < -0.39 is 0 Å². The molecule has 0 aliphatic carbocycles. The van der Waals surface area contributed by atoms with Crippen molar-refractivity contribution in [1.29, 1.82) is 0 Å². The smallest absolute Gasteiger partial charge is 0.147 e. The van der Waals surface area contributed by atoms with Gasteiger partial charge >= 0.3 is 0 Å². The molecule has 1 unspecified atom stereocenters. The summed E-state index contributed by atoms with van der Waals surface area (Å²) in [6, 6.07) is 0.431. The Balaban J connectivity index is 2.61. The SMILES string of the molecule is CCCC(CNCC(C)C)n1nc(C)nc1C. The third-order valence-corrected chi connectivity index (χ3v) is 2.81. The first-order valence-corrected chi connectivity index (χ1v) is 6.65. The highest BCUT2D eigenvalue weighted by molar-refractivity contribution is 4.90. The molecule has 0 saturated heterocycles. The molecule has 0 aliphatic heterocycles. The van der Waals surface area contributed by atoms with Gasteiger partial charge in [0.05, 0.1) is 6.04 Å². The van der Waals surface area contributed by atoms with Gasteiger partial charge in [-0.05, 0) is 32.7 Å². The number of rotatable bonds is 7. The van der Waals surface area contributed by atoms with Gasteiger partial charge in [-0.1, -0.05) is 27.2 Å². The molecule has 1 heterocycles. The highest BCUT2D eigenvalue weighted by Crippen LogP contribution is 2.14. The zero-order valence-corrected chi connectivity index (χ0v) is 11.8. The third kappa shape index (κ3) is 4.46. The summed E-state index contributed by atoms with van der Waals surface area (Å²) >= 11 is 0. The first kappa shape index (κ1) is 14.2. The van der Waals surface area contributed by atoms with E-state index in [2.05, 4.69) is 40.9 Å². The number of nitrogens with one attached hydrogen (secondary N) is 1. The predicted molar refractivity (Wildman–Crippen MR) is 71.1 cm³/mol. The number of hydrogen-bond donors (Lipinski definition) is 1. The van der Waals surface area contributed by atoms with E-state index in [4.69, 9.17) is 0 Å². The average molecular weight is 238 g/mol. The Hall–Kier alpha value is -0.900. The van der Waals surface area contributed by atoms with Gasteiger partial charge in [-0.25, -0.2) is 9.67 Å². The lowest BCUT2D eigenvalue weighted by Gasteiger charge is -2.19. The Bertz CT molecular complexity index is 330. The van der Waals surface area contributed by atoms with E-state index in [9.17, 15) is 0 Å². The Kier molecular flexibility index (Phi) is 5.62. The Morgan fingerprint density at radius 3 is 2.41 bits per heavy atom. The van der Waals surface area contributed by atoms with Crippen LogP contribution in [0.3, 0.4) is 0 Å². The summed E-state index contributed by atoms with van der Waals surface area (Å²) in [5.74, 6) is 2.58. The molecule has 0 aromatic carbocycles. The highest BCUT2D eigenvalue weighted by Gasteiger charge is 2.14. The van der Waals surface area contributed by atoms with Gasteiger partial charge in [0.1, 0.15) is 11.6 Å². The monoisotopic (exact) mass is 238 g/mol. The summed E-state index contributed by atoms with van der Waals surface area (Å²) in [6.07, 6.45) is 2.32. The number of hydrogen-bond acceptors (Lipinski definition) is 3. The highest BCUT2D eigenvalue weighted by atomic mass is 15.4. The molecule has 0 radical (unpaired) electrons. The van der Waals surface area contributed by atoms with Crippen molar-refractivity contribution in [2.75, 3.05) is 13.1 Å². The molecule has 0 saturated carbocycles. The molecule has 0 spiro atoms. The minimum atomic E-state index is 0.431. The van der Waals surface area contributed by atoms with Gasteiger partial charge in [0, 0.05) is 6.54 Å². The normalized spacial score (nSPS) is 13.3. The van der Waals surface area contributed by atoms with E-state index >= 15 is 0 Å². The Labute approximate surface area is 105 Å². The molecule has 98 valence electrons. The summed E-state index contributed by atoms with van der Waals surface area (Å²) < 4.78 is 2.08. The fourth-order valence-electron chi connectivity index (χ4n) is 2.06. The maximum Gasteiger partial charge on any atom is 0.147 e. The van der Waals surface area contributed by atoms with Crippen LogP contribution in [0.5, 0.6) is 0 Å². The number of nitrogens with zero attached hydrogens (tertiary/aromatic N) is 3. The quantitative estimate of drug-likeness (QED) is 0.793. The summed E-state index contributed by atoms with van der Waals surface area (Å²) in [6.45, 7) is 12.7. The van der Waals surface area contributed by atoms with E-state index in [0.29, 0.717) is 12.0 Å². The fourth-order valence-corrected chi connectivity index (χ4v) is 2.06. The zero-order valence-electron chi connectivity index (χ0n) is 11.8. The second-order valence-corrected chi connectivity index (χ2v) is 5.15. The van der Waals surface area contributed by atoms with Crippen molar-refractivity contribution in [2.24, 2.45) is 5.92 Å². The zero-order chi connectivity index (χ0) is 12.8. The second-order valence-electron chi connectivity index (χ2n) is 5.15. The van der Waals surface area contributed by atoms with Gasteiger partial charge in [0.2, 0.25) is 0 Å². The van der Waals surface area contributed by atoms with Crippen LogP contribution in [0.2, 0.25) is 0 Å². The fraction of sp³-hybridized carbons (Fsp3) is 0.846. The molecule has 1 aromatic rings. The topological polar surface area (TPSA) is 42.7 Å². The van der Waals surface area contributed by atoms with Gasteiger partial charge in [-0.3, -0.25) is 0 Å². The van der Waals surface area contributed by atoms with Crippen LogP contribution < -0.4 is 5.32 Å². The molecule has 1 atom stereocenters. The van der Waals surface area contributed by atoms with Crippen LogP contribution >= 0.6 is 0 Å². The van der Waals surface area contributed by atoms with Crippen LogP contribution in [0.4, 0.5) is 0 Å². The van der Waals surface area contributed by atoms with Gasteiger partial charge in [-0.2, -0.15) is 5.10 Å². The minimum absolute atomic E-state index is 0.431. The largest absolute Gasteiger partial charge is 0.314 e. The lowest BCUT2D eigenvalue weighted by Crippen LogP contribution is -2.29. The molecule has 1 rings (SSSR count). The van der Waals surface area contributed by atoms with Crippen LogP contribution in [0.15, 0.2) is 0 Å². The molecule has 1 N–H and O–H groups in total. The van der Waals surface area contributed by atoms with Crippen molar-refractivity contribution in [3.63, 3.8) is 0 Å². The van der Waals surface area contributed by atoms with Gasteiger partial charge in [-0.15, -0.1) is 0 Å². The molecule has 1 aromatic heterocycles. The van der Waals surface area contributed by atoms with Crippen molar-refractivity contribution in [3.05, 3.63) is 11.6 Å². The van der Waals surface area contributed by atoms with E-state index in [0.717, 1.165) is 31.2 Å². The van der Waals surface area contributed by atoms with Crippen molar-refractivity contribution in [2.45, 2.75) is 53.5 Å². The predicted octanol–water partition coefficient (Wildman–Crippen LogP) is 2.48. The van der Waals surface area contributed by atoms with Crippen LogP contribution in [0, 0.1) is 19.8 Å². The molecular weight excluding hydrogens is 212 g/mol. The molecule has 0 bridgehead atoms. The van der Waals surface area contributed by atoms with Crippen LogP contribution in [-0.2, 0) is 0 Å². The maximum atomic E-state index is 4.49. The van der Waals surface area contributed by atoms with E-state index in [1.807, 2.05) is 13.8 Å². The van der Waals surface area contributed by atoms with Crippen molar-refractivity contribution >= 4 is 0 Å². The average Bonchev–Trinajstić information content (AvgIpc) is 2.56. The molecule has 4 nitrogen and oxygen atoms in total. The standard InChI is InChI=1S/C13H26N4/c1-6-7-13(9-14-8-10(2)3)17-12(5)15-11(4)16-17/h10,13-14H,6-9H2,1-5H3. The van der Waals surface area contributed by atoms with Gasteiger partial charge in [0.25, 0.3) is 0 Å². The minimum Gasteiger partial charge on any atom is -0.314 e. The summed E-state index contributed by atoms with van der Waals surface area (Å²) in [4.78, 5) is 4.38. The molecular formula is C13H26N4. The van der Waals surface area contributed by atoms with Crippen molar-refractivity contribution in [1.82, 2.24) is 20.1 Å². The summed E-state index contributed by atoms with van der Waals surface area (Å²) in [5.41, 5.74) is 0. The molecule has 4 heteroatoms. The molecule has 0 aliphatic rings. The maximum absolute atomic E-state index is 4.49. The Morgan fingerprint density at radius 2 is 1.94 bits per heavy atom. The number of aromatic nitrogens is 3. The van der Waals surface area contributed by atoms with Crippen molar-refractivity contribution < 1.29 is 0 Å². The molecule has 0 amide bonds. The lowest BCUT2D eigenvalue weighted by molar-refractivity contribution is 0.377.